The van der Waals surface area contributed by atoms with Gasteiger partial charge in [-0.1, -0.05) is 78.7 Å². The number of thiazole rings is 1. The third-order valence-electron chi connectivity index (χ3n) is 6.38. The summed E-state index contributed by atoms with van der Waals surface area (Å²) < 4.78 is 14.2. The van der Waals surface area contributed by atoms with Gasteiger partial charge in [-0.25, -0.2) is 9.79 Å². The van der Waals surface area contributed by atoms with Crippen LogP contribution in [0, 0.1) is 0 Å². The lowest BCUT2D eigenvalue weighted by Gasteiger charge is -2.26. The Morgan fingerprint density at radius 2 is 1.85 bits per heavy atom. The lowest BCUT2D eigenvalue weighted by atomic mass is 9.92. The van der Waals surface area contributed by atoms with Crippen LogP contribution < -0.4 is 19.6 Å². The van der Waals surface area contributed by atoms with Crippen molar-refractivity contribution in [1.29, 1.82) is 0 Å². The van der Waals surface area contributed by atoms with Crippen LogP contribution in [0.2, 0.25) is 0 Å². The molecule has 0 aliphatic carbocycles. The highest BCUT2D eigenvalue weighted by Crippen LogP contribution is 2.35. The summed E-state index contributed by atoms with van der Waals surface area (Å²) in [5, 5.41) is 0. The van der Waals surface area contributed by atoms with E-state index in [4.69, 9.17) is 14.5 Å². The number of hydrogen-bond acceptors (Lipinski definition) is 7. The fourth-order valence-corrected chi connectivity index (χ4v) is 6.93. The van der Waals surface area contributed by atoms with Crippen molar-refractivity contribution in [2.75, 3.05) is 6.61 Å². The van der Waals surface area contributed by atoms with Gasteiger partial charge in [0.1, 0.15) is 0 Å². The maximum absolute atomic E-state index is 14.0. The number of aromatic nitrogens is 1. The Kier molecular flexibility index (Phi) is 9.64. The van der Waals surface area contributed by atoms with E-state index in [0.29, 0.717) is 48.7 Å². The van der Waals surface area contributed by atoms with Gasteiger partial charge >= 0.3 is 11.9 Å². The fraction of sp³-hybridized carbons (Fsp3) is 0.333. The minimum absolute atomic E-state index is 0.210. The Balaban J connectivity index is 2.01. The minimum Gasteiger partial charge on any atom is -0.463 e. The van der Waals surface area contributed by atoms with Crippen molar-refractivity contribution >= 4 is 61.2 Å². The molecule has 0 fully saturated rings. The van der Waals surface area contributed by atoms with E-state index in [0.717, 1.165) is 22.0 Å². The standard InChI is InChI=1S/C30H30Br2N2O5S/c1-6-8-23-25(29(37)38-7-2)26(19-11-9-18(10-12-19)16(3)4)34-28(36)24(40-30(34)33-23)14-20-13-21(31)15-22(32)27(20)39-17(5)35/h9-16,26H,6-8H2,1-5H3/b24-14-/t26-/m0/s1. The smallest absolute Gasteiger partial charge is 0.338 e. The first-order valence-electron chi connectivity index (χ1n) is 13.0. The Morgan fingerprint density at radius 1 is 1.15 bits per heavy atom. The van der Waals surface area contributed by atoms with Crippen molar-refractivity contribution in [1.82, 2.24) is 4.57 Å². The number of esters is 2. The summed E-state index contributed by atoms with van der Waals surface area (Å²) in [6.07, 6.45) is 3.02. The molecule has 0 spiro atoms. The van der Waals surface area contributed by atoms with E-state index in [1.54, 1.807) is 29.7 Å². The first-order valence-corrected chi connectivity index (χ1v) is 15.4. The summed E-state index contributed by atoms with van der Waals surface area (Å²) in [6, 6.07) is 10.8. The molecule has 0 N–H and O–H groups in total. The van der Waals surface area contributed by atoms with Crippen molar-refractivity contribution in [3.8, 4) is 5.75 Å². The zero-order valence-corrected chi connectivity index (χ0v) is 26.9. The van der Waals surface area contributed by atoms with Crippen molar-refractivity contribution in [3.05, 3.63) is 93.0 Å². The molecule has 3 aromatic rings. The van der Waals surface area contributed by atoms with Crippen LogP contribution in [0.4, 0.5) is 0 Å². The van der Waals surface area contributed by atoms with Crippen LogP contribution in [0.15, 0.2) is 66.4 Å². The normalized spacial score (nSPS) is 15.2. The maximum atomic E-state index is 14.0. The number of ether oxygens (including phenoxy) is 2. The summed E-state index contributed by atoms with van der Waals surface area (Å²) >= 11 is 8.16. The van der Waals surface area contributed by atoms with Crippen molar-refractivity contribution < 1.29 is 19.1 Å². The second-order valence-corrected chi connectivity index (χ2v) is 12.4. The van der Waals surface area contributed by atoms with E-state index in [9.17, 15) is 14.4 Å². The predicted octanol–water partition coefficient (Wildman–Crippen LogP) is 6.15. The molecule has 210 valence electrons. The van der Waals surface area contributed by atoms with Gasteiger partial charge < -0.3 is 9.47 Å². The van der Waals surface area contributed by atoms with Crippen LogP contribution in [-0.2, 0) is 14.3 Å². The molecular formula is C30H30Br2N2O5S. The molecule has 1 aromatic heterocycles. The number of allylic oxidation sites excluding steroid dienone is 1. The highest BCUT2D eigenvalue weighted by Gasteiger charge is 2.34. The molecule has 0 saturated carbocycles. The van der Waals surface area contributed by atoms with Crippen LogP contribution in [0.25, 0.3) is 6.08 Å². The molecule has 7 nitrogen and oxygen atoms in total. The third-order valence-corrected chi connectivity index (χ3v) is 8.41. The first-order chi connectivity index (χ1) is 19.0. The number of nitrogens with zero attached hydrogens (tertiary/aromatic N) is 2. The van der Waals surface area contributed by atoms with E-state index in [-0.39, 0.29) is 12.2 Å². The summed E-state index contributed by atoms with van der Waals surface area (Å²) in [5.41, 5.74) is 3.20. The average Bonchev–Trinajstić information content (AvgIpc) is 3.20. The summed E-state index contributed by atoms with van der Waals surface area (Å²) in [7, 11) is 0. The van der Waals surface area contributed by atoms with Gasteiger partial charge in [-0.3, -0.25) is 14.2 Å². The SMILES string of the molecule is CCCC1=C(C(=O)OCC)[C@H](c2ccc(C(C)C)cc2)n2c(s/c(=C\c3cc(Br)cc(Br)c3OC(C)=O)c2=O)=N1. The zero-order chi connectivity index (χ0) is 29.1. The van der Waals surface area contributed by atoms with Gasteiger partial charge in [0.05, 0.1) is 32.9 Å². The first kappa shape index (κ1) is 30.1. The molecule has 4 rings (SSSR count). The summed E-state index contributed by atoms with van der Waals surface area (Å²) in [5.74, 6) is -0.314. The molecule has 0 bridgehead atoms. The summed E-state index contributed by atoms with van der Waals surface area (Å²) in [6.45, 7) is 9.55. The van der Waals surface area contributed by atoms with E-state index < -0.39 is 18.0 Å². The maximum Gasteiger partial charge on any atom is 0.338 e. The molecule has 0 amide bonds. The Labute approximate surface area is 253 Å². The van der Waals surface area contributed by atoms with E-state index in [2.05, 4.69) is 45.7 Å². The molecule has 0 saturated heterocycles. The minimum atomic E-state index is -0.692. The Bertz CT molecular complexity index is 1670. The molecule has 0 unspecified atom stereocenters. The number of rotatable bonds is 8. The number of carbonyl (C=O) groups is 2. The second kappa shape index (κ2) is 12.8. The van der Waals surface area contributed by atoms with Crippen molar-refractivity contribution in [3.63, 3.8) is 0 Å². The van der Waals surface area contributed by atoms with Gasteiger partial charge in [0.25, 0.3) is 5.56 Å². The van der Waals surface area contributed by atoms with Crippen molar-refractivity contribution in [2.24, 2.45) is 4.99 Å². The molecule has 2 aromatic carbocycles. The van der Waals surface area contributed by atoms with Gasteiger partial charge in [0.2, 0.25) is 0 Å². The largest absolute Gasteiger partial charge is 0.463 e. The average molecular weight is 690 g/mol. The molecule has 1 atom stereocenters. The molecule has 1 aliphatic heterocycles. The van der Waals surface area contributed by atoms with E-state index in [1.807, 2.05) is 31.2 Å². The molecular weight excluding hydrogens is 660 g/mol. The van der Waals surface area contributed by atoms with E-state index >= 15 is 0 Å². The Morgan fingerprint density at radius 3 is 2.45 bits per heavy atom. The predicted molar refractivity (Wildman–Crippen MR) is 163 cm³/mol. The summed E-state index contributed by atoms with van der Waals surface area (Å²) in [4.78, 5) is 44.5. The number of carbonyl (C=O) groups excluding carboxylic acids is 2. The number of benzene rings is 2. The molecule has 1 aliphatic rings. The van der Waals surface area contributed by atoms with Crippen LogP contribution >= 0.6 is 43.2 Å². The number of halogens is 2. The Hall–Kier alpha value is -2.82. The number of fused-ring (bicyclic) bond motifs is 1. The van der Waals surface area contributed by atoms with Crippen LogP contribution in [0.1, 0.15) is 76.1 Å². The monoisotopic (exact) mass is 688 g/mol. The molecule has 40 heavy (non-hydrogen) atoms. The van der Waals surface area contributed by atoms with Gasteiger partial charge in [-0.15, -0.1) is 0 Å². The highest BCUT2D eigenvalue weighted by molar-refractivity contribution is 9.11. The van der Waals surface area contributed by atoms with Gasteiger partial charge in [0.15, 0.2) is 10.6 Å². The second-order valence-electron chi connectivity index (χ2n) is 9.63. The zero-order valence-electron chi connectivity index (χ0n) is 22.9. The van der Waals surface area contributed by atoms with Crippen LogP contribution in [0.5, 0.6) is 5.75 Å². The van der Waals surface area contributed by atoms with Gasteiger partial charge in [-0.2, -0.15) is 0 Å². The fourth-order valence-electron chi connectivity index (χ4n) is 4.58. The lowest BCUT2D eigenvalue weighted by Crippen LogP contribution is -2.40. The number of hydrogen-bond donors (Lipinski definition) is 0. The quantitative estimate of drug-likeness (QED) is 0.209. The van der Waals surface area contributed by atoms with Crippen LogP contribution in [0.3, 0.4) is 0 Å². The highest BCUT2D eigenvalue weighted by atomic mass is 79.9. The lowest BCUT2D eigenvalue weighted by molar-refractivity contribution is -0.139. The van der Waals surface area contributed by atoms with Crippen LogP contribution in [-0.4, -0.2) is 23.1 Å². The molecule has 2 heterocycles. The third kappa shape index (κ3) is 6.24. The van der Waals surface area contributed by atoms with Gasteiger partial charge in [0, 0.05) is 17.0 Å². The molecule has 10 heteroatoms. The van der Waals surface area contributed by atoms with E-state index in [1.165, 1.54) is 18.3 Å². The van der Waals surface area contributed by atoms with Crippen molar-refractivity contribution in [2.45, 2.75) is 59.4 Å². The topological polar surface area (TPSA) is 87.0 Å². The van der Waals surface area contributed by atoms with Gasteiger partial charge in [-0.05, 0) is 64.5 Å². The molecule has 0 radical (unpaired) electrons.